The van der Waals surface area contributed by atoms with Crippen LogP contribution in [0.1, 0.15) is 25.3 Å². The van der Waals surface area contributed by atoms with Gasteiger partial charge in [0.1, 0.15) is 5.82 Å². The zero-order valence-electron chi connectivity index (χ0n) is 12.7. The summed E-state index contributed by atoms with van der Waals surface area (Å²) in [5, 5.41) is 0. The average Bonchev–Trinajstić information content (AvgIpc) is 2.50. The zero-order chi connectivity index (χ0) is 16.3. The summed E-state index contributed by atoms with van der Waals surface area (Å²) in [5.41, 5.74) is 0.486. The molecule has 0 N–H and O–H groups in total. The molecule has 5 nitrogen and oxygen atoms in total. The van der Waals surface area contributed by atoms with E-state index in [0.717, 1.165) is 6.07 Å². The number of piperidine rings is 1. The predicted molar refractivity (Wildman–Crippen MR) is 79.3 cm³/mol. The number of hydrogen-bond donors (Lipinski definition) is 0. The summed E-state index contributed by atoms with van der Waals surface area (Å²) in [4.78, 5) is 11.8. The van der Waals surface area contributed by atoms with E-state index < -0.39 is 21.8 Å². The minimum Gasteiger partial charge on any atom is -0.466 e. The molecule has 0 unspecified atom stereocenters. The molecule has 1 heterocycles. The van der Waals surface area contributed by atoms with Crippen LogP contribution in [0.25, 0.3) is 0 Å². The number of hydrogen-bond acceptors (Lipinski definition) is 4. The van der Waals surface area contributed by atoms with Gasteiger partial charge in [0.25, 0.3) is 0 Å². The lowest BCUT2D eigenvalue weighted by Crippen LogP contribution is -2.42. The summed E-state index contributed by atoms with van der Waals surface area (Å²) in [6.45, 7) is 4.01. The maximum absolute atomic E-state index is 13.4. The van der Waals surface area contributed by atoms with Crippen molar-refractivity contribution < 1.29 is 22.3 Å². The molecule has 7 heteroatoms. The van der Waals surface area contributed by atoms with Crippen molar-refractivity contribution in [2.45, 2.75) is 31.6 Å². The second-order valence-electron chi connectivity index (χ2n) is 5.36. The molecule has 1 atom stereocenters. The molecule has 2 rings (SSSR count). The largest absolute Gasteiger partial charge is 0.466 e. The molecule has 1 aromatic rings. The third-order valence-corrected chi connectivity index (χ3v) is 5.78. The molecule has 0 amide bonds. The molecule has 0 saturated carbocycles. The third-order valence-electron chi connectivity index (χ3n) is 3.77. The topological polar surface area (TPSA) is 63.7 Å². The summed E-state index contributed by atoms with van der Waals surface area (Å²) in [7, 11) is -3.81. The number of nitrogens with zero attached hydrogens (tertiary/aromatic N) is 1. The smallest absolute Gasteiger partial charge is 0.310 e. The number of esters is 1. The molecule has 22 heavy (non-hydrogen) atoms. The number of aryl methyl sites for hydroxylation is 1. The van der Waals surface area contributed by atoms with Gasteiger partial charge < -0.3 is 4.74 Å². The van der Waals surface area contributed by atoms with Crippen LogP contribution in [-0.4, -0.2) is 38.4 Å². The van der Waals surface area contributed by atoms with Crippen LogP contribution in [0.5, 0.6) is 0 Å². The maximum Gasteiger partial charge on any atom is 0.310 e. The highest BCUT2D eigenvalue weighted by atomic mass is 32.2. The molecular formula is C15H20FNO4S. The molecular weight excluding hydrogens is 309 g/mol. The van der Waals surface area contributed by atoms with Crippen LogP contribution in [0, 0.1) is 18.7 Å². The number of halogens is 1. The standard InChI is InChI=1S/C15H20FNO4S/c1-3-21-15(18)12-5-4-8-17(10-12)22(19,20)14-9-13(16)7-6-11(14)2/h6-7,9,12H,3-5,8,10H2,1-2H3/t12-/m1/s1. The highest BCUT2D eigenvalue weighted by Gasteiger charge is 2.34. The maximum atomic E-state index is 13.4. The molecule has 1 aromatic carbocycles. The normalized spacial score (nSPS) is 19.9. The molecule has 1 fully saturated rings. The van der Waals surface area contributed by atoms with Crippen molar-refractivity contribution in [3.05, 3.63) is 29.6 Å². The van der Waals surface area contributed by atoms with Crippen LogP contribution in [0.2, 0.25) is 0 Å². The number of carbonyl (C=O) groups excluding carboxylic acids is 1. The second-order valence-corrected chi connectivity index (χ2v) is 7.27. The first-order valence-corrected chi connectivity index (χ1v) is 8.73. The summed E-state index contributed by atoms with van der Waals surface area (Å²) in [5.74, 6) is -1.43. The van der Waals surface area contributed by atoms with E-state index in [9.17, 15) is 17.6 Å². The Morgan fingerprint density at radius 3 is 2.86 bits per heavy atom. The first-order valence-electron chi connectivity index (χ1n) is 7.29. The molecule has 1 aliphatic heterocycles. The Morgan fingerprint density at radius 1 is 1.45 bits per heavy atom. The van der Waals surface area contributed by atoms with E-state index in [-0.39, 0.29) is 24.0 Å². The zero-order valence-corrected chi connectivity index (χ0v) is 13.5. The Hall–Kier alpha value is -1.47. The molecule has 0 spiro atoms. The highest BCUT2D eigenvalue weighted by molar-refractivity contribution is 7.89. The van der Waals surface area contributed by atoms with E-state index in [1.165, 1.54) is 16.4 Å². The van der Waals surface area contributed by atoms with Crippen molar-refractivity contribution in [2.75, 3.05) is 19.7 Å². The first-order chi connectivity index (χ1) is 10.4. The average molecular weight is 329 g/mol. The van der Waals surface area contributed by atoms with Crippen molar-refractivity contribution in [3.63, 3.8) is 0 Å². The quantitative estimate of drug-likeness (QED) is 0.794. The van der Waals surface area contributed by atoms with Gasteiger partial charge in [-0.25, -0.2) is 12.8 Å². The number of rotatable bonds is 4. The molecule has 1 aliphatic rings. The van der Waals surface area contributed by atoms with Gasteiger partial charge in [-0.1, -0.05) is 6.07 Å². The lowest BCUT2D eigenvalue weighted by molar-refractivity contribution is -0.149. The van der Waals surface area contributed by atoms with Crippen LogP contribution in [-0.2, 0) is 19.6 Å². The fourth-order valence-corrected chi connectivity index (χ4v) is 4.36. The summed E-state index contributed by atoms with van der Waals surface area (Å²) >= 11 is 0. The molecule has 0 bridgehead atoms. The monoisotopic (exact) mass is 329 g/mol. The van der Waals surface area contributed by atoms with E-state index in [1.54, 1.807) is 13.8 Å². The third kappa shape index (κ3) is 3.47. The van der Waals surface area contributed by atoms with Gasteiger partial charge >= 0.3 is 5.97 Å². The Labute approximate surface area is 130 Å². The highest BCUT2D eigenvalue weighted by Crippen LogP contribution is 2.26. The Balaban J connectivity index is 2.25. The number of sulfonamides is 1. The van der Waals surface area contributed by atoms with Gasteiger partial charge in [-0.3, -0.25) is 4.79 Å². The first kappa shape index (κ1) is 16.9. The van der Waals surface area contributed by atoms with E-state index in [2.05, 4.69) is 0 Å². The van der Waals surface area contributed by atoms with E-state index >= 15 is 0 Å². The SMILES string of the molecule is CCOC(=O)[C@@H]1CCCN(S(=O)(=O)c2cc(F)ccc2C)C1. The minimum atomic E-state index is -3.81. The van der Waals surface area contributed by atoms with Gasteiger partial charge in [0.15, 0.2) is 0 Å². The van der Waals surface area contributed by atoms with Gasteiger partial charge in [0.05, 0.1) is 17.4 Å². The lowest BCUT2D eigenvalue weighted by atomic mass is 10.0. The van der Waals surface area contributed by atoms with Crippen LogP contribution in [0.15, 0.2) is 23.1 Å². The van der Waals surface area contributed by atoms with Gasteiger partial charge in [-0.05, 0) is 44.4 Å². The van der Waals surface area contributed by atoms with E-state index in [1.807, 2.05) is 0 Å². The number of carbonyl (C=O) groups is 1. The lowest BCUT2D eigenvalue weighted by Gasteiger charge is -2.31. The molecule has 1 saturated heterocycles. The van der Waals surface area contributed by atoms with Gasteiger partial charge in [0, 0.05) is 13.1 Å². The van der Waals surface area contributed by atoms with Gasteiger partial charge in [-0.15, -0.1) is 0 Å². The summed E-state index contributed by atoms with van der Waals surface area (Å²) < 4.78 is 45.0. The van der Waals surface area contributed by atoms with Gasteiger partial charge in [0.2, 0.25) is 10.0 Å². The Kier molecular flexibility index (Phi) is 5.18. The van der Waals surface area contributed by atoms with Crippen LogP contribution < -0.4 is 0 Å². The fourth-order valence-electron chi connectivity index (χ4n) is 2.60. The predicted octanol–water partition coefficient (Wildman–Crippen LogP) is 2.10. The molecule has 122 valence electrons. The fraction of sp³-hybridized carbons (Fsp3) is 0.533. The summed E-state index contributed by atoms with van der Waals surface area (Å²) in [6, 6.07) is 3.69. The molecule has 0 aliphatic carbocycles. The molecule has 0 radical (unpaired) electrons. The second kappa shape index (κ2) is 6.75. The summed E-state index contributed by atoms with van der Waals surface area (Å²) in [6.07, 6.45) is 1.18. The van der Waals surface area contributed by atoms with Crippen molar-refractivity contribution in [1.29, 1.82) is 0 Å². The number of benzene rings is 1. The van der Waals surface area contributed by atoms with Crippen molar-refractivity contribution in [1.82, 2.24) is 4.31 Å². The van der Waals surface area contributed by atoms with Crippen LogP contribution >= 0.6 is 0 Å². The van der Waals surface area contributed by atoms with Crippen molar-refractivity contribution in [3.8, 4) is 0 Å². The van der Waals surface area contributed by atoms with E-state index in [0.29, 0.717) is 24.9 Å². The molecule has 0 aromatic heterocycles. The minimum absolute atomic E-state index is 0.0444. The Morgan fingerprint density at radius 2 is 2.18 bits per heavy atom. The van der Waals surface area contributed by atoms with Crippen LogP contribution in [0.4, 0.5) is 4.39 Å². The van der Waals surface area contributed by atoms with Crippen molar-refractivity contribution >= 4 is 16.0 Å². The Bertz CT molecular complexity index is 660. The van der Waals surface area contributed by atoms with Gasteiger partial charge in [-0.2, -0.15) is 4.31 Å². The number of ether oxygens (including phenoxy) is 1. The van der Waals surface area contributed by atoms with Crippen LogP contribution in [0.3, 0.4) is 0 Å². The van der Waals surface area contributed by atoms with E-state index in [4.69, 9.17) is 4.74 Å². The van der Waals surface area contributed by atoms with Crippen molar-refractivity contribution in [2.24, 2.45) is 5.92 Å².